The van der Waals surface area contributed by atoms with Crippen LogP contribution in [0.3, 0.4) is 0 Å². The van der Waals surface area contributed by atoms with Crippen molar-refractivity contribution in [2.75, 3.05) is 31.5 Å². The molecule has 4 N–H and O–H groups in total. The monoisotopic (exact) mass is 518 g/mol. The van der Waals surface area contributed by atoms with Crippen LogP contribution in [0.2, 0.25) is 0 Å². The Morgan fingerprint density at radius 1 is 1.08 bits per heavy atom. The van der Waals surface area contributed by atoms with Gasteiger partial charge in [0.2, 0.25) is 5.88 Å². The van der Waals surface area contributed by atoms with Gasteiger partial charge in [0.05, 0.1) is 29.8 Å². The van der Waals surface area contributed by atoms with E-state index in [1.165, 1.54) is 31.4 Å². The summed E-state index contributed by atoms with van der Waals surface area (Å²) >= 11 is 0. The Labute approximate surface area is 206 Å². The van der Waals surface area contributed by atoms with Crippen LogP contribution in [0.5, 0.6) is 11.6 Å². The van der Waals surface area contributed by atoms with E-state index >= 15 is 0 Å². The molecule has 0 aliphatic carbocycles. The highest BCUT2D eigenvalue weighted by molar-refractivity contribution is 7.92. The van der Waals surface area contributed by atoms with Crippen LogP contribution in [0.25, 0.3) is 10.9 Å². The molecular weight excluding hydrogens is 494 g/mol. The molecule has 1 aromatic heterocycles. The highest BCUT2D eigenvalue weighted by atomic mass is 32.2. The topological polar surface area (TPSA) is 126 Å². The van der Waals surface area contributed by atoms with Gasteiger partial charge in [0.1, 0.15) is 28.9 Å². The first kappa shape index (κ1) is 25.4. The summed E-state index contributed by atoms with van der Waals surface area (Å²) in [6.07, 6.45) is -1.06. The first-order valence-electron chi connectivity index (χ1n) is 10.9. The Hall–Kier alpha value is -3.74. The fourth-order valence-corrected chi connectivity index (χ4v) is 4.65. The van der Waals surface area contributed by atoms with Gasteiger partial charge >= 0.3 is 0 Å². The van der Waals surface area contributed by atoms with Crippen molar-refractivity contribution in [2.45, 2.75) is 11.0 Å². The van der Waals surface area contributed by atoms with E-state index in [2.05, 4.69) is 15.5 Å². The van der Waals surface area contributed by atoms with Gasteiger partial charge < -0.3 is 19.9 Å². The number of aliphatic hydroxyl groups excluding tert-OH is 1. The molecule has 12 heteroatoms. The summed E-state index contributed by atoms with van der Waals surface area (Å²) in [4.78, 5) is -0.608. The molecule has 36 heavy (non-hydrogen) atoms. The van der Waals surface area contributed by atoms with Crippen LogP contribution in [0.1, 0.15) is 11.7 Å². The lowest BCUT2D eigenvalue weighted by atomic mass is 10.1. The highest BCUT2D eigenvalue weighted by Crippen LogP contribution is 2.26. The van der Waals surface area contributed by atoms with E-state index in [-0.39, 0.29) is 12.1 Å². The SMILES string of the molecule is COc1n[nH]c2cc(OCCNC[C@H](O)c3ccc(F)c(NS(=O)(=O)c4ccccc4F)c3)ccc12. The van der Waals surface area contributed by atoms with Crippen LogP contribution < -0.4 is 19.5 Å². The van der Waals surface area contributed by atoms with E-state index in [1.54, 1.807) is 12.1 Å². The standard InChI is InChI=1S/C24H24F2N4O5S/c1-34-24-17-8-7-16(13-20(17)28-29-24)35-11-10-27-14-22(31)15-6-9-18(25)21(12-15)30-36(32,33)23-5-3-2-4-19(23)26/h2-9,12-13,22,27,30-31H,10-11,14H2,1H3,(H,28,29)/t22-/m0/s1. The van der Waals surface area contributed by atoms with Gasteiger partial charge in [-0.1, -0.05) is 18.2 Å². The number of hydrogen-bond acceptors (Lipinski definition) is 7. The number of aromatic amines is 1. The van der Waals surface area contributed by atoms with Crippen molar-refractivity contribution in [2.24, 2.45) is 0 Å². The van der Waals surface area contributed by atoms with Crippen LogP contribution in [0.4, 0.5) is 14.5 Å². The second-order valence-corrected chi connectivity index (χ2v) is 9.43. The number of aliphatic hydroxyl groups is 1. The molecule has 190 valence electrons. The molecule has 0 fully saturated rings. The smallest absolute Gasteiger partial charge is 0.264 e. The first-order chi connectivity index (χ1) is 17.3. The molecular formula is C24H24F2N4O5S. The average molecular weight is 519 g/mol. The molecule has 0 aliphatic rings. The number of benzene rings is 3. The quantitative estimate of drug-likeness (QED) is 0.224. The number of hydrogen-bond donors (Lipinski definition) is 4. The maximum absolute atomic E-state index is 14.3. The molecule has 0 amide bonds. The predicted molar refractivity (Wildman–Crippen MR) is 130 cm³/mol. The Bertz CT molecular complexity index is 1460. The van der Waals surface area contributed by atoms with E-state index < -0.39 is 38.3 Å². The number of nitrogens with zero attached hydrogens (tertiary/aromatic N) is 1. The van der Waals surface area contributed by atoms with Crippen molar-refractivity contribution >= 4 is 26.6 Å². The van der Waals surface area contributed by atoms with E-state index in [1.807, 2.05) is 10.8 Å². The van der Waals surface area contributed by atoms with E-state index in [9.17, 15) is 22.3 Å². The molecule has 1 atom stereocenters. The molecule has 3 aromatic carbocycles. The Balaban J connectivity index is 1.31. The maximum atomic E-state index is 14.3. The van der Waals surface area contributed by atoms with E-state index in [0.29, 0.717) is 24.8 Å². The van der Waals surface area contributed by atoms with Gasteiger partial charge in [0.25, 0.3) is 10.0 Å². The number of methoxy groups -OCH3 is 1. The fraction of sp³-hybridized carbons (Fsp3) is 0.208. The van der Waals surface area contributed by atoms with Crippen molar-refractivity contribution in [1.82, 2.24) is 15.5 Å². The lowest BCUT2D eigenvalue weighted by molar-refractivity contribution is 0.172. The molecule has 0 saturated heterocycles. The molecule has 0 spiro atoms. The van der Waals surface area contributed by atoms with Crippen molar-refractivity contribution in [3.05, 3.63) is 77.9 Å². The third-order valence-electron chi connectivity index (χ3n) is 5.32. The molecule has 0 unspecified atom stereocenters. The summed E-state index contributed by atoms with van der Waals surface area (Å²) in [6.45, 7) is 0.807. The van der Waals surface area contributed by atoms with Crippen LogP contribution in [0.15, 0.2) is 65.6 Å². The van der Waals surface area contributed by atoms with Crippen LogP contribution in [0, 0.1) is 11.6 Å². The lowest BCUT2D eigenvalue weighted by Crippen LogP contribution is -2.26. The van der Waals surface area contributed by atoms with Crippen LogP contribution >= 0.6 is 0 Å². The number of rotatable bonds is 11. The van der Waals surface area contributed by atoms with Gasteiger partial charge in [-0.15, -0.1) is 5.10 Å². The predicted octanol–water partition coefficient (Wildman–Crippen LogP) is 3.35. The van der Waals surface area contributed by atoms with Gasteiger partial charge in [-0.3, -0.25) is 9.82 Å². The molecule has 4 aromatic rings. The largest absolute Gasteiger partial charge is 0.492 e. The highest BCUT2D eigenvalue weighted by Gasteiger charge is 2.21. The minimum Gasteiger partial charge on any atom is -0.492 e. The molecule has 0 aliphatic heterocycles. The average Bonchev–Trinajstić information content (AvgIpc) is 3.27. The number of aromatic nitrogens is 2. The summed E-state index contributed by atoms with van der Waals surface area (Å²) in [6, 6.07) is 13.7. The summed E-state index contributed by atoms with van der Waals surface area (Å²) in [7, 11) is -2.83. The van der Waals surface area contributed by atoms with Crippen molar-refractivity contribution in [3.63, 3.8) is 0 Å². The van der Waals surface area contributed by atoms with Gasteiger partial charge in [-0.25, -0.2) is 17.2 Å². The van der Waals surface area contributed by atoms with Crippen molar-refractivity contribution in [3.8, 4) is 11.6 Å². The fourth-order valence-electron chi connectivity index (χ4n) is 3.51. The number of anilines is 1. The molecule has 9 nitrogen and oxygen atoms in total. The minimum absolute atomic E-state index is 0.102. The number of nitrogens with one attached hydrogen (secondary N) is 3. The summed E-state index contributed by atoms with van der Waals surface area (Å²) in [5.41, 5.74) is 0.643. The maximum Gasteiger partial charge on any atom is 0.264 e. The third-order valence-corrected chi connectivity index (χ3v) is 6.72. The Morgan fingerprint density at radius 3 is 2.67 bits per heavy atom. The summed E-state index contributed by atoms with van der Waals surface area (Å²) in [5.74, 6) is -0.700. The number of ether oxygens (including phenoxy) is 2. The molecule has 0 bridgehead atoms. The normalized spacial score (nSPS) is 12.4. The van der Waals surface area contributed by atoms with Crippen molar-refractivity contribution in [1.29, 1.82) is 0 Å². The Kier molecular flexibility index (Phi) is 7.67. The van der Waals surface area contributed by atoms with Gasteiger partial charge in [-0.05, 0) is 42.0 Å². The number of sulfonamides is 1. The molecule has 4 rings (SSSR count). The molecule has 1 heterocycles. The zero-order valence-corrected chi connectivity index (χ0v) is 20.0. The van der Waals surface area contributed by atoms with Crippen LogP contribution in [-0.4, -0.2) is 50.5 Å². The van der Waals surface area contributed by atoms with Crippen LogP contribution in [-0.2, 0) is 10.0 Å². The lowest BCUT2D eigenvalue weighted by Gasteiger charge is -2.15. The molecule has 0 radical (unpaired) electrons. The zero-order valence-electron chi connectivity index (χ0n) is 19.2. The summed E-state index contributed by atoms with van der Waals surface area (Å²) < 4.78 is 66.0. The minimum atomic E-state index is -4.37. The molecule has 0 saturated carbocycles. The zero-order chi connectivity index (χ0) is 25.7. The van der Waals surface area contributed by atoms with Gasteiger partial charge in [0, 0.05) is 19.2 Å². The number of H-pyrrole nitrogens is 1. The number of fused-ring (bicyclic) bond motifs is 1. The number of halogens is 2. The second-order valence-electron chi connectivity index (χ2n) is 7.78. The Morgan fingerprint density at radius 2 is 1.89 bits per heavy atom. The second kappa shape index (κ2) is 10.9. The van der Waals surface area contributed by atoms with Crippen molar-refractivity contribution < 1.29 is 31.8 Å². The third kappa shape index (κ3) is 5.73. The van der Waals surface area contributed by atoms with Gasteiger partial charge in [0.15, 0.2) is 0 Å². The van der Waals surface area contributed by atoms with E-state index in [0.717, 1.165) is 29.1 Å². The summed E-state index contributed by atoms with van der Waals surface area (Å²) in [5, 5.41) is 21.2. The van der Waals surface area contributed by atoms with E-state index in [4.69, 9.17) is 9.47 Å². The van der Waals surface area contributed by atoms with Gasteiger partial charge in [-0.2, -0.15) is 0 Å². The first-order valence-corrected chi connectivity index (χ1v) is 12.4.